The van der Waals surface area contributed by atoms with E-state index in [1.165, 1.54) is 24.5 Å². The highest BCUT2D eigenvalue weighted by Crippen LogP contribution is 2.25. The number of halogens is 1. The minimum absolute atomic E-state index is 0.0346. The fraction of sp³-hybridized carbons (Fsp3) is 0. The summed E-state index contributed by atoms with van der Waals surface area (Å²) in [4.78, 5) is 44.4. The minimum atomic E-state index is -0.615. The summed E-state index contributed by atoms with van der Waals surface area (Å²) in [7, 11) is 0. The number of hydrogen-bond acceptors (Lipinski definition) is 6. The summed E-state index contributed by atoms with van der Waals surface area (Å²) < 4.78 is 0. The lowest BCUT2D eigenvalue weighted by Crippen LogP contribution is -2.18. The molecule has 1 heterocycles. The Balaban J connectivity index is 1.50. The van der Waals surface area contributed by atoms with Crippen LogP contribution >= 0.6 is 11.6 Å². The molecule has 0 aliphatic rings. The Morgan fingerprint density at radius 3 is 2.15 bits per heavy atom. The molecule has 0 aliphatic heterocycles. The Bertz CT molecular complexity index is 1380. The van der Waals surface area contributed by atoms with Gasteiger partial charge in [0, 0.05) is 17.7 Å². The van der Waals surface area contributed by atoms with Gasteiger partial charge < -0.3 is 10.6 Å². The third kappa shape index (κ3) is 5.05. The average Bonchev–Trinajstić information content (AvgIpc) is 2.85. The van der Waals surface area contributed by atoms with Crippen LogP contribution in [0.1, 0.15) is 20.7 Å². The van der Waals surface area contributed by atoms with Crippen LogP contribution in [0.3, 0.4) is 0 Å². The molecular weight excluding hydrogens is 458 g/mol. The lowest BCUT2D eigenvalue weighted by molar-refractivity contribution is -0.384. The number of anilines is 2. The lowest BCUT2D eigenvalue weighted by atomic mass is 10.1. The molecule has 34 heavy (non-hydrogen) atoms. The smallest absolute Gasteiger partial charge is 0.270 e. The molecule has 0 atom stereocenters. The number of carbonyl (C=O) groups is 2. The summed E-state index contributed by atoms with van der Waals surface area (Å²) in [6, 6.07) is 19.3. The number of carbonyl (C=O) groups excluding carboxylic acids is 2. The molecule has 3 aromatic carbocycles. The second kappa shape index (κ2) is 9.88. The first kappa shape index (κ1) is 22.6. The quantitative estimate of drug-likeness (QED) is 0.292. The zero-order chi connectivity index (χ0) is 24.1. The van der Waals surface area contributed by atoms with Gasteiger partial charge in [0.15, 0.2) is 5.82 Å². The van der Waals surface area contributed by atoms with Crippen LogP contribution in [0.25, 0.3) is 11.4 Å². The summed E-state index contributed by atoms with van der Waals surface area (Å²) in [6.45, 7) is 0. The number of nitrogens with zero attached hydrogens (tertiary/aromatic N) is 3. The van der Waals surface area contributed by atoms with Gasteiger partial charge in [-0.2, -0.15) is 0 Å². The number of rotatable bonds is 6. The Morgan fingerprint density at radius 2 is 1.47 bits per heavy atom. The molecule has 0 bridgehead atoms. The Morgan fingerprint density at radius 1 is 0.824 bits per heavy atom. The van der Waals surface area contributed by atoms with Crippen molar-refractivity contribution in [3.05, 3.63) is 111 Å². The third-order valence-electron chi connectivity index (χ3n) is 4.77. The average molecular weight is 474 g/mol. The topological polar surface area (TPSA) is 127 Å². The van der Waals surface area contributed by atoms with E-state index in [9.17, 15) is 19.7 Å². The van der Waals surface area contributed by atoms with Crippen molar-refractivity contribution in [2.75, 3.05) is 10.6 Å². The highest BCUT2D eigenvalue weighted by atomic mass is 35.5. The van der Waals surface area contributed by atoms with Crippen LogP contribution in [0.2, 0.25) is 5.02 Å². The van der Waals surface area contributed by atoms with Crippen molar-refractivity contribution < 1.29 is 14.5 Å². The number of benzene rings is 3. The van der Waals surface area contributed by atoms with Crippen molar-refractivity contribution in [3.63, 3.8) is 0 Å². The van der Waals surface area contributed by atoms with E-state index in [2.05, 4.69) is 20.6 Å². The van der Waals surface area contributed by atoms with E-state index in [4.69, 9.17) is 11.6 Å². The van der Waals surface area contributed by atoms with Crippen LogP contribution in [0, 0.1) is 10.1 Å². The molecule has 4 rings (SSSR count). The van der Waals surface area contributed by atoms with Crippen LogP contribution in [0.4, 0.5) is 17.1 Å². The Labute approximate surface area is 198 Å². The summed E-state index contributed by atoms with van der Waals surface area (Å²) >= 11 is 6.04. The molecule has 0 saturated heterocycles. The molecule has 0 aliphatic carbocycles. The zero-order valence-corrected chi connectivity index (χ0v) is 18.2. The fourth-order valence-electron chi connectivity index (χ4n) is 3.11. The van der Waals surface area contributed by atoms with Crippen LogP contribution in [0.5, 0.6) is 0 Å². The van der Waals surface area contributed by atoms with Crippen molar-refractivity contribution in [1.82, 2.24) is 9.97 Å². The van der Waals surface area contributed by atoms with Gasteiger partial charge in [-0.1, -0.05) is 54.1 Å². The standard InChI is InChI=1S/C24H16ClN5O4/c25-20-12-17(30(33)34)10-11-18(20)23(31)29-21-9-5-4-8-19(21)24(32)28-16-13-26-22(27-14-16)15-6-2-1-3-7-15/h1-14H,(H,28,32)(H,29,31). The normalized spacial score (nSPS) is 10.4. The van der Waals surface area contributed by atoms with Crippen molar-refractivity contribution in [1.29, 1.82) is 0 Å². The molecule has 0 saturated carbocycles. The maximum Gasteiger partial charge on any atom is 0.270 e. The molecule has 0 spiro atoms. The Kier molecular flexibility index (Phi) is 6.56. The predicted octanol–water partition coefficient (Wildman–Crippen LogP) is 5.21. The molecule has 168 valence electrons. The van der Waals surface area contributed by atoms with E-state index in [0.717, 1.165) is 11.6 Å². The van der Waals surface area contributed by atoms with Crippen molar-refractivity contribution in [3.8, 4) is 11.4 Å². The van der Waals surface area contributed by atoms with E-state index >= 15 is 0 Å². The molecule has 1 aromatic heterocycles. The van der Waals surface area contributed by atoms with Crippen LogP contribution in [-0.4, -0.2) is 26.7 Å². The predicted molar refractivity (Wildman–Crippen MR) is 128 cm³/mol. The number of non-ortho nitro benzene ring substituents is 1. The first-order valence-corrected chi connectivity index (χ1v) is 10.3. The summed E-state index contributed by atoms with van der Waals surface area (Å²) in [5.74, 6) is -0.580. The van der Waals surface area contributed by atoms with Crippen molar-refractivity contribution in [2.45, 2.75) is 0 Å². The zero-order valence-electron chi connectivity index (χ0n) is 17.4. The molecule has 4 aromatic rings. The largest absolute Gasteiger partial charge is 0.321 e. The highest BCUT2D eigenvalue weighted by molar-refractivity contribution is 6.34. The van der Waals surface area contributed by atoms with Gasteiger partial charge in [-0.05, 0) is 18.2 Å². The number of nitro groups is 1. The van der Waals surface area contributed by atoms with Gasteiger partial charge in [-0.15, -0.1) is 0 Å². The summed E-state index contributed by atoms with van der Waals surface area (Å²) in [5, 5.41) is 16.1. The molecule has 0 fully saturated rings. The van der Waals surface area contributed by atoms with Crippen molar-refractivity contribution >= 4 is 40.5 Å². The van der Waals surface area contributed by atoms with Gasteiger partial charge >= 0.3 is 0 Å². The second-order valence-electron chi connectivity index (χ2n) is 7.04. The van der Waals surface area contributed by atoms with E-state index < -0.39 is 16.7 Å². The van der Waals surface area contributed by atoms with Crippen LogP contribution < -0.4 is 10.6 Å². The summed E-state index contributed by atoms with van der Waals surface area (Å²) in [5.41, 5.74) is 1.46. The number of hydrogen-bond donors (Lipinski definition) is 2. The lowest BCUT2D eigenvalue weighted by Gasteiger charge is -2.12. The maximum atomic E-state index is 12.9. The molecular formula is C24H16ClN5O4. The van der Waals surface area contributed by atoms with E-state index in [1.54, 1.807) is 24.3 Å². The van der Waals surface area contributed by atoms with Gasteiger partial charge in [0.2, 0.25) is 0 Å². The van der Waals surface area contributed by atoms with E-state index in [1.807, 2.05) is 30.3 Å². The molecule has 2 N–H and O–H groups in total. The molecule has 9 nitrogen and oxygen atoms in total. The van der Waals surface area contributed by atoms with E-state index in [-0.39, 0.29) is 27.5 Å². The highest BCUT2D eigenvalue weighted by Gasteiger charge is 2.18. The Hall–Kier alpha value is -4.63. The maximum absolute atomic E-state index is 12.9. The monoisotopic (exact) mass is 473 g/mol. The first-order valence-electron chi connectivity index (χ1n) is 9.95. The number of aromatic nitrogens is 2. The molecule has 0 radical (unpaired) electrons. The van der Waals surface area contributed by atoms with Gasteiger partial charge in [-0.3, -0.25) is 19.7 Å². The van der Waals surface area contributed by atoms with Crippen LogP contribution in [0.15, 0.2) is 85.2 Å². The minimum Gasteiger partial charge on any atom is -0.321 e. The molecule has 10 heteroatoms. The van der Waals surface area contributed by atoms with E-state index in [0.29, 0.717) is 11.5 Å². The fourth-order valence-corrected chi connectivity index (χ4v) is 3.37. The SMILES string of the molecule is O=C(Nc1ccccc1C(=O)Nc1cnc(-c2ccccc2)nc1)c1ccc([N+](=O)[O-])cc1Cl. The third-order valence-corrected chi connectivity index (χ3v) is 5.08. The second-order valence-corrected chi connectivity index (χ2v) is 7.44. The van der Waals surface area contributed by atoms with Gasteiger partial charge in [-0.25, -0.2) is 9.97 Å². The van der Waals surface area contributed by atoms with Gasteiger partial charge in [0.05, 0.1) is 44.8 Å². The first-order chi connectivity index (χ1) is 16.4. The number of para-hydroxylation sites is 1. The van der Waals surface area contributed by atoms with Gasteiger partial charge in [0.25, 0.3) is 17.5 Å². The summed E-state index contributed by atoms with van der Waals surface area (Å²) in [6.07, 6.45) is 2.98. The number of amides is 2. The molecule has 0 unspecified atom stereocenters. The number of nitro benzene ring substituents is 1. The molecule has 2 amide bonds. The number of nitrogens with one attached hydrogen (secondary N) is 2. The van der Waals surface area contributed by atoms with Crippen LogP contribution in [-0.2, 0) is 0 Å². The van der Waals surface area contributed by atoms with Gasteiger partial charge in [0.1, 0.15) is 0 Å². The van der Waals surface area contributed by atoms with Crippen molar-refractivity contribution in [2.24, 2.45) is 0 Å².